The van der Waals surface area contributed by atoms with Gasteiger partial charge in [0.15, 0.2) is 11.5 Å². The molecule has 1 amide bonds. The molecule has 1 heterocycles. The number of methoxy groups -OCH3 is 1. The molecule has 1 aliphatic rings. The summed E-state index contributed by atoms with van der Waals surface area (Å²) in [6.07, 6.45) is 6.72. The lowest BCUT2D eigenvalue weighted by atomic mass is 10.0. The normalized spacial score (nSPS) is 18.3. The fourth-order valence-electron chi connectivity index (χ4n) is 2.81. The van der Waals surface area contributed by atoms with Crippen molar-refractivity contribution in [1.29, 1.82) is 0 Å². The number of benzene rings is 1. The van der Waals surface area contributed by atoms with Gasteiger partial charge in [-0.3, -0.25) is 4.79 Å². The maximum atomic E-state index is 12.3. The number of carbonyl (C=O) groups excluding carboxylic acids is 1. The first-order valence-corrected chi connectivity index (χ1v) is 8.43. The van der Waals surface area contributed by atoms with Gasteiger partial charge in [-0.05, 0) is 56.9 Å². The maximum absolute atomic E-state index is 12.3. The predicted molar refractivity (Wildman–Crippen MR) is 93.2 cm³/mol. The van der Waals surface area contributed by atoms with Crippen LogP contribution >= 0.6 is 11.6 Å². The minimum Gasteiger partial charge on any atom is -0.493 e. The molecule has 2 rings (SSSR count). The monoisotopic (exact) mass is 337 g/mol. The number of likely N-dealkylation sites (tertiary alicyclic amines) is 1. The molecule has 0 spiro atoms. The molecule has 1 aliphatic heterocycles. The SMILES string of the molecule is CCOc1c(Cl)cc(C=CC(=O)N2CCCCC2C)cc1OC. The van der Waals surface area contributed by atoms with Crippen molar-refractivity contribution in [2.75, 3.05) is 20.3 Å². The highest BCUT2D eigenvalue weighted by molar-refractivity contribution is 6.32. The van der Waals surface area contributed by atoms with E-state index in [9.17, 15) is 4.79 Å². The van der Waals surface area contributed by atoms with E-state index in [-0.39, 0.29) is 5.91 Å². The number of piperidine rings is 1. The number of carbonyl (C=O) groups is 1. The molecule has 5 heteroatoms. The number of hydrogen-bond donors (Lipinski definition) is 0. The van der Waals surface area contributed by atoms with Crippen LogP contribution in [0.5, 0.6) is 11.5 Å². The third kappa shape index (κ3) is 4.41. The van der Waals surface area contributed by atoms with Gasteiger partial charge in [0, 0.05) is 18.7 Å². The van der Waals surface area contributed by atoms with Crippen LogP contribution < -0.4 is 9.47 Å². The van der Waals surface area contributed by atoms with E-state index >= 15 is 0 Å². The Labute approximate surface area is 143 Å². The molecule has 126 valence electrons. The first-order chi connectivity index (χ1) is 11.1. The molecule has 0 bridgehead atoms. The van der Waals surface area contributed by atoms with Crippen molar-refractivity contribution in [3.63, 3.8) is 0 Å². The molecule has 23 heavy (non-hydrogen) atoms. The highest BCUT2D eigenvalue weighted by Gasteiger charge is 2.21. The van der Waals surface area contributed by atoms with E-state index in [1.807, 2.05) is 17.9 Å². The zero-order chi connectivity index (χ0) is 16.8. The summed E-state index contributed by atoms with van der Waals surface area (Å²) in [5, 5.41) is 0.477. The number of amides is 1. The summed E-state index contributed by atoms with van der Waals surface area (Å²) >= 11 is 6.25. The van der Waals surface area contributed by atoms with Gasteiger partial charge in [0.05, 0.1) is 18.7 Å². The van der Waals surface area contributed by atoms with Crippen molar-refractivity contribution >= 4 is 23.6 Å². The average Bonchev–Trinajstić information content (AvgIpc) is 2.55. The fraction of sp³-hybridized carbons (Fsp3) is 0.500. The average molecular weight is 338 g/mol. The molecule has 0 saturated carbocycles. The Balaban J connectivity index is 2.15. The molecule has 0 aromatic heterocycles. The quantitative estimate of drug-likeness (QED) is 0.757. The molecule has 4 nitrogen and oxygen atoms in total. The van der Waals surface area contributed by atoms with E-state index < -0.39 is 0 Å². The summed E-state index contributed by atoms with van der Waals surface area (Å²) < 4.78 is 10.8. The summed E-state index contributed by atoms with van der Waals surface area (Å²) in [7, 11) is 1.57. The molecule has 1 aromatic carbocycles. The van der Waals surface area contributed by atoms with Crippen LogP contribution in [0.4, 0.5) is 0 Å². The first kappa shape index (κ1) is 17.7. The molecule has 0 aliphatic carbocycles. The van der Waals surface area contributed by atoms with Crippen molar-refractivity contribution in [1.82, 2.24) is 4.90 Å². The van der Waals surface area contributed by atoms with Crippen LogP contribution in [0.25, 0.3) is 6.08 Å². The largest absolute Gasteiger partial charge is 0.493 e. The van der Waals surface area contributed by atoms with Gasteiger partial charge >= 0.3 is 0 Å². The highest BCUT2D eigenvalue weighted by Crippen LogP contribution is 2.36. The third-order valence-electron chi connectivity index (χ3n) is 4.04. The lowest BCUT2D eigenvalue weighted by Crippen LogP contribution is -2.41. The Morgan fingerprint density at radius 3 is 2.87 bits per heavy atom. The van der Waals surface area contributed by atoms with Gasteiger partial charge in [0.1, 0.15) is 0 Å². The summed E-state index contributed by atoms with van der Waals surface area (Å²) in [5.41, 5.74) is 0.813. The minimum atomic E-state index is 0.0428. The summed E-state index contributed by atoms with van der Waals surface area (Å²) in [5.74, 6) is 1.14. The van der Waals surface area contributed by atoms with Gasteiger partial charge in [-0.2, -0.15) is 0 Å². The fourth-order valence-corrected chi connectivity index (χ4v) is 3.08. The number of nitrogens with zero attached hydrogens (tertiary/aromatic N) is 1. The van der Waals surface area contributed by atoms with Crippen molar-refractivity contribution in [3.8, 4) is 11.5 Å². The van der Waals surface area contributed by atoms with Gasteiger partial charge in [-0.15, -0.1) is 0 Å². The van der Waals surface area contributed by atoms with Gasteiger partial charge in [-0.25, -0.2) is 0 Å². The van der Waals surface area contributed by atoms with Crippen LogP contribution in [-0.4, -0.2) is 37.1 Å². The van der Waals surface area contributed by atoms with Crippen LogP contribution in [0, 0.1) is 0 Å². The number of rotatable bonds is 5. The van der Waals surface area contributed by atoms with Crippen LogP contribution in [0.3, 0.4) is 0 Å². The van der Waals surface area contributed by atoms with Gasteiger partial charge in [0.25, 0.3) is 0 Å². The van der Waals surface area contributed by atoms with Gasteiger partial charge in [-0.1, -0.05) is 11.6 Å². The molecular weight excluding hydrogens is 314 g/mol. The standard InChI is InChI=1S/C18H24ClNO3/c1-4-23-18-15(19)11-14(12-16(18)22-3)8-9-17(21)20-10-6-5-7-13(20)2/h8-9,11-13H,4-7,10H2,1-3H3. The minimum absolute atomic E-state index is 0.0428. The summed E-state index contributed by atoms with van der Waals surface area (Å²) in [6, 6.07) is 3.90. The molecule has 0 N–H and O–H groups in total. The lowest BCUT2D eigenvalue weighted by Gasteiger charge is -2.32. The zero-order valence-electron chi connectivity index (χ0n) is 14.0. The topological polar surface area (TPSA) is 38.8 Å². The Hall–Kier alpha value is -1.68. The highest BCUT2D eigenvalue weighted by atomic mass is 35.5. The van der Waals surface area contributed by atoms with Crippen molar-refractivity contribution in [3.05, 3.63) is 28.8 Å². The molecular formula is C18H24ClNO3. The Bertz CT molecular complexity index is 586. The second kappa shape index (κ2) is 8.25. The maximum Gasteiger partial charge on any atom is 0.246 e. The smallest absolute Gasteiger partial charge is 0.246 e. The van der Waals surface area contributed by atoms with Crippen molar-refractivity contribution in [2.24, 2.45) is 0 Å². The molecule has 1 aromatic rings. The first-order valence-electron chi connectivity index (χ1n) is 8.05. The Kier molecular flexibility index (Phi) is 6.34. The van der Waals surface area contributed by atoms with E-state index in [0.29, 0.717) is 29.2 Å². The van der Waals surface area contributed by atoms with Gasteiger partial charge in [0.2, 0.25) is 5.91 Å². The summed E-state index contributed by atoms with van der Waals surface area (Å²) in [4.78, 5) is 14.3. The molecule has 1 atom stereocenters. The van der Waals surface area contributed by atoms with Crippen molar-refractivity contribution in [2.45, 2.75) is 39.2 Å². The predicted octanol–water partition coefficient (Wildman–Crippen LogP) is 4.16. The third-order valence-corrected chi connectivity index (χ3v) is 4.33. The lowest BCUT2D eigenvalue weighted by molar-refractivity contribution is -0.129. The van der Waals surface area contributed by atoms with Crippen LogP contribution in [0.15, 0.2) is 18.2 Å². The Morgan fingerprint density at radius 2 is 2.22 bits per heavy atom. The molecule has 1 fully saturated rings. The molecule has 1 unspecified atom stereocenters. The van der Waals surface area contributed by atoms with E-state index in [2.05, 4.69) is 6.92 Å². The molecule has 0 radical (unpaired) electrons. The van der Waals surface area contributed by atoms with E-state index in [0.717, 1.165) is 24.9 Å². The van der Waals surface area contributed by atoms with E-state index in [1.54, 1.807) is 25.3 Å². The van der Waals surface area contributed by atoms with E-state index in [1.165, 1.54) is 6.42 Å². The molecule has 1 saturated heterocycles. The van der Waals surface area contributed by atoms with Crippen LogP contribution in [0.1, 0.15) is 38.7 Å². The second-order valence-electron chi connectivity index (χ2n) is 5.68. The Morgan fingerprint density at radius 1 is 1.43 bits per heavy atom. The van der Waals surface area contributed by atoms with Crippen molar-refractivity contribution < 1.29 is 14.3 Å². The van der Waals surface area contributed by atoms with E-state index in [4.69, 9.17) is 21.1 Å². The summed E-state index contributed by atoms with van der Waals surface area (Å²) in [6.45, 7) is 5.33. The van der Waals surface area contributed by atoms with Gasteiger partial charge < -0.3 is 14.4 Å². The second-order valence-corrected chi connectivity index (χ2v) is 6.08. The van der Waals surface area contributed by atoms with Crippen LogP contribution in [0.2, 0.25) is 5.02 Å². The number of hydrogen-bond acceptors (Lipinski definition) is 3. The number of halogens is 1. The van der Waals surface area contributed by atoms with Crippen LogP contribution in [-0.2, 0) is 4.79 Å². The zero-order valence-corrected chi connectivity index (χ0v) is 14.7. The number of ether oxygens (including phenoxy) is 2.